The van der Waals surface area contributed by atoms with Gasteiger partial charge in [-0.15, -0.1) is 5.10 Å². The topological polar surface area (TPSA) is 125 Å². The Bertz CT molecular complexity index is 1810. The summed E-state index contributed by atoms with van der Waals surface area (Å²) in [7, 11) is 1.87. The summed E-state index contributed by atoms with van der Waals surface area (Å²) in [6.07, 6.45) is 8.46. The molecule has 1 amide bonds. The molecule has 1 fully saturated rings. The highest BCUT2D eigenvalue weighted by atomic mass is 16.2. The Hall–Kier alpha value is -4.91. The minimum absolute atomic E-state index is 0.0908. The second-order valence-corrected chi connectivity index (χ2v) is 9.23. The van der Waals surface area contributed by atoms with Crippen molar-refractivity contribution in [2.45, 2.75) is 31.8 Å². The molecule has 1 aliphatic rings. The van der Waals surface area contributed by atoms with Gasteiger partial charge in [-0.3, -0.25) is 9.59 Å². The Morgan fingerprint density at radius 2 is 2.08 bits per heavy atom. The number of nitrogen functional groups attached to an aromatic ring is 1. The fourth-order valence-electron chi connectivity index (χ4n) is 4.62. The van der Waals surface area contributed by atoms with E-state index in [-0.39, 0.29) is 23.0 Å². The molecule has 0 spiro atoms. The molecule has 10 nitrogen and oxygen atoms in total. The lowest BCUT2D eigenvalue weighted by molar-refractivity contribution is 0.0940. The Morgan fingerprint density at radius 1 is 1.24 bits per heavy atom. The number of carbonyl (C=O) groups is 1. The number of hydrogen-bond acceptors (Lipinski definition) is 6. The number of anilines is 1. The number of rotatable bonds is 4. The van der Waals surface area contributed by atoms with E-state index in [9.17, 15) is 9.59 Å². The minimum atomic E-state index is -0.465. The van der Waals surface area contributed by atoms with Gasteiger partial charge in [0, 0.05) is 36.7 Å². The van der Waals surface area contributed by atoms with Gasteiger partial charge >= 0.3 is 0 Å². The van der Waals surface area contributed by atoms with Gasteiger partial charge in [-0.25, -0.2) is 14.5 Å². The van der Waals surface area contributed by atoms with Crippen LogP contribution in [0.3, 0.4) is 0 Å². The number of nitrogens with one attached hydrogen (secondary N) is 1. The lowest BCUT2D eigenvalue weighted by Crippen LogP contribution is -2.33. The largest absolute Gasteiger partial charge is 0.381 e. The molecular formula is C27H24N8O2. The standard InChI is InChI=1S/C27H24N8O2/c1-16(31-26(36)23-24(28)32-34-12-4-11-30-25(23)34)21-13-18-6-3-5-17(7-8-20-14-29-15-33(20)2)22(18)27(37)35(21)19-9-10-19/h3-6,11-16,19H,9-10H2,1-2H3,(H2,28,32)(H,31,36). The first-order valence-corrected chi connectivity index (χ1v) is 12.0. The number of imidazole rings is 1. The van der Waals surface area contributed by atoms with Crippen LogP contribution in [0.25, 0.3) is 16.4 Å². The van der Waals surface area contributed by atoms with Gasteiger partial charge in [-0.05, 0) is 49.3 Å². The van der Waals surface area contributed by atoms with E-state index in [2.05, 4.69) is 32.2 Å². The molecule has 1 atom stereocenters. The highest BCUT2D eigenvalue weighted by Gasteiger charge is 2.30. The summed E-state index contributed by atoms with van der Waals surface area (Å²) in [5, 5.41) is 8.52. The number of amides is 1. The molecule has 1 aliphatic carbocycles. The van der Waals surface area contributed by atoms with E-state index in [4.69, 9.17) is 5.73 Å². The summed E-state index contributed by atoms with van der Waals surface area (Å²) < 4.78 is 5.11. The maximum Gasteiger partial charge on any atom is 0.260 e. The van der Waals surface area contributed by atoms with Gasteiger partial charge in [0.2, 0.25) is 0 Å². The third kappa shape index (κ3) is 3.90. The van der Waals surface area contributed by atoms with Crippen LogP contribution in [0.2, 0.25) is 0 Å². The Labute approximate surface area is 211 Å². The molecule has 0 aliphatic heterocycles. The summed E-state index contributed by atoms with van der Waals surface area (Å²) in [5.74, 6) is 5.97. The molecule has 4 aromatic heterocycles. The summed E-state index contributed by atoms with van der Waals surface area (Å²) in [6.45, 7) is 1.86. The maximum absolute atomic E-state index is 13.8. The van der Waals surface area contributed by atoms with E-state index >= 15 is 0 Å². The van der Waals surface area contributed by atoms with Crippen LogP contribution in [0.5, 0.6) is 0 Å². The molecule has 1 unspecified atom stereocenters. The van der Waals surface area contributed by atoms with E-state index in [1.54, 1.807) is 35.6 Å². The SMILES string of the molecule is CC(NC(=O)c1c(N)nn2cccnc12)c1cc2cccc(C#Cc3cncn3C)c2c(=O)n1C1CC1. The quantitative estimate of drug-likeness (QED) is 0.372. The monoisotopic (exact) mass is 492 g/mol. The number of carbonyl (C=O) groups excluding carboxylic acids is 1. The maximum atomic E-state index is 13.8. The number of hydrogen-bond donors (Lipinski definition) is 2. The first-order valence-electron chi connectivity index (χ1n) is 12.0. The second kappa shape index (κ2) is 8.64. The third-order valence-electron chi connectivity index (χ3n) is 6.61. The van der Waals surface area contributed by atoms with Crippen molar-refractivity contribution in [3.05, 3.63) is 88.1 Å². The van der Waals surface area contributed by atoms with Crippen LogP contribution in [0.1, 0.15) is 59.2 Å². The fraction of sp³-hybridized carbons (Fsp3) is 0.222. The molecular weight excluding hydrogens is 468 g/mol. The van der Waals surface area contributed by atoms with Gasteiger partial charge in [0.1, 0.15) is 11.3 Å². The summed E-state index contributed by atoms with van der Waals surface area (Å²) in [4.78, 5) is 35.4. The van der Waals surface area contributed by atoms with E-state index in [0.29, 0.717) is 16.6 Å². The van der Waals surface area contributed by atoms with Crippen LogP contribution in [-0.4, -0.2) is 34.6 Å². The van der Waals surface area contributed by atoms with Gasteiger partial charge in [0.25, 0.3) is 11.5 Å². The highest BCUT2D eigenvalue weighted by Crippen LogP contribution is 2.37. The van der Waals surface area contributed by atoms with E-state index in [1.165, 1.54) is 4.52 Å². The number of aromatic nitrogens is 6. The third-order valence-corrected chi connectivity index (χ3v) is 6.61. The minimum Gasteiger partial charge on any atom is -0.381 e. The Morgan fingerprint density at radius 3 is 2.84 bits per heavy atom. The fourth-order valence-corrected chi connectivity index (χ4v) is 4.62. The summed E-state index contributed by atoms with van der Waals surface area (Å²) in [6, 6.07) is 8.94. The van der Waals surface area contributed by atoms with Gasteiger partial charge in [0.05, 0.1) is 24.0 Å². The lowest BCUT2D eigenvalue weighted by Gasteiger charge is -2.21. The number of benzene rings is 1. The van der Waals surface area contributed by atoms with Crippen LogP contribution in [0.15, 0.2) is 60.0 Å². The van der Waals surface area contributed by atoms with E-state index < -0.39 is 11.9 Å². The molecule has 0 radical (unpaired) electrons. The smallest absolute Gasteiger partial charge is 0.260 e. The zero-order valence-electron chi connectivity index (χ0n) is 20.3. The molecule has 5 aromatic rings. The van der Waals surface area contributed by atoms with Crippen molar-refractivity contribution in [2.75, 3.05) is 5.73 Å². The predicted molar refractivity (Wildman–Crippen MR) is 139 cm³/mol. The summed E-state index contributed by atoms with van der Waals surface area (Å²) >= 11 is 0. The zero-order valence-corrected chi connectivity index (χ0v) is 20.3. The lowest BCUT2D eigenvalue weighted by atomic mass is 10.0. The Balaban J connectivity index is 1.41. The molecule has 37 heavy (non-hydrogen) atoms. The normalized spacial score (nSPS) is 13.9. The number of fused-ring (bicyclic) bond motifs is 2. The van der Waals surface area contributed by atoms with Crippen LogP contribution in [0, 0.1) is 11.8 Å². The second-order valence-electron chi connectivity index (χ2n) is 9.23. The van der Waals surface area contributed by atoms with Gasteiger partial charge < -0.3 is 20.2 Å². The summed E-state index contributed by atoms with van der Waals surface area (Å²) in [5.41, 5.74) is 8.66. The van der Waals surface area contributed by atoms with Crippen molar-refractivity contribution in [2.24, 2.45) is 7.05 Å². The van der Waals surface area contributed by atoms with E-state index in [0.717, 1.165) is 29.6 Å². The first kappa shape index (κ1) is 22.5. The first-order chi connectivity index (χ1) is 17.9. The zero-order chi connectivity index (χ0) is 25.7. The number of nitrogens with zero attached hydrogens (tertiary/aromatic N) is 6. The van der Waals surface area contributed by atoms with Crippen LogP contribution in [0.4, 0.5) is 5.82 Å². The van der Waals surface area contributed by atoms with Gasteiger partial charge in [-0.1, -0.05) is 18.1 Å². The van der Waals surface area contributed by atoms with Gasteiger partial charge in [0.15, 0.2) is 11.5 Å². The molecule has 1 aromatic carbocycles. The van der Waals surface area contributed by atoms with Crippen LogP contribution < -0.4 is 16.6 Å². The molecule has 3 N–H and O–H groups in total. The molecule has 6 rings (SSSR count). The van der Waals surface area contributed by atoms with E-state index in [1.807, 2.05) is 42.8 Å². The van der Waals surface area contributed by atoms with Gasteiger partial charge in [-0.2, -0.15) is 0 Å². The molecule has 184 valence electrons. The van der Waals surface area contributed by atoms with Crippen molar-refractivity contribution in [1.29, 1.82) is 0 Å². The predicted octanol–water partition coefficient (Wildman–Crippen LogP) is 2.59. The average Bonchev–Trinajstić information content (AvgIpc) is 3.54. The molecule has 1 saturated carbocycles. The Kier molecular flexibility index (Phi) is 5.26. The van der Waals surface area contributed by atoms with Crippen molar-refractivity contribution in [3.63, 3.8) is 0 Å². The molecule has 0 saturated heterocycles. The molecule has 0 bridgehead atoms. The van der Waals surface area contributed by atoms with Crippen molar-refractivity contribution >= 4 is 28.1 Å². The molecule has 10 heteroatoms. The van der Waals surface area contributed by atoms with Crippen LogP contribution >= 0.6 is 0 Å². The number of nitrogens with two attached hydrogens (primary N) is 1. The highest BCUT2D eigenvalue weighted by molar-refractivity contribution is 6.04. The number of pyridine rings is 1. The van der Waals surface area contributed by atoms with Crippen molar-refractivity contribution < 1.29 is 4.79 Å². The number of aryl methyl sites for hydroxylation is 1. The van der Waals surface area contributed by atoms with Crippen molar-refractivity contribution in [3.8, 4) is 11.8 Å². The van der Waals surface area contributed by atoms with Crippen LogP contribution in [-0.2, 0) is 7.05 Å². The molecule has 4 heterocycles. The van der Waals surface area contributed by atoms with Crippen molar-refractivity contribution in [1.82, 2.24) is 34.0 Å². The average molecular weight is 493 g/mol.